The van der Waals surface area contributed by atoms with E-state index in [-0.39, 0.29) is 0 Å². The first-order chi connectivity index (χ1) is 8.74. The predicted molar refractivity (Wildman–Crippen MR) is 72.7 cm³/mol. The van der Waals surface area contributed by atoms with Crippen LogP contribution in [0, 0.1) is 12.8 Å². The van der Waals surface area contributed by atoms with E-state index in [1.165, 1.54) is 17.8 Å². The molecule has 3 rings (SSSR count). The molecule has 1 atom stereocenters. The topological polar surface area (TPSA) is 33.2 Å². The number of thiazole rings is 1. The van der Waals surface area contributed by atoms with Crippen LogP contribution in [-0.4, -0.2) is 28.9 Å². The van der Waals surface area contributed by atoms with E-state index in [9.17, 15) is 4.79 Å². The Bertz CT molecular complexity index is 439. The zero-order valence-corrected chi connectivity index (χ0v) is 11.7. The molecule has 1 saturated heterocycles. The number of aromatic nitrogens is 1. The lowest BCUT2D eigenvalue weighted by Gasteiger charge is -2.36. The van der Waals surface area contributed by atoms with Gasteiger partial charge in [-0.15, -0.1) is 11.3 Å². The quantitative estimate of drug-likeness (QED) is 0.823. The number of piperidine rings is 1. The zero-order valence-electron chi connectivity index (χ0n) is 10.9. The first-order valence-electron chi connectivity index (χ1n) is 6.95. The van der Waals surface area contributed by atoms with Gasteiger partial charge in [-0.25, -0.2) is 4.98 Å². The van der Waals surface area contributed by atoms with Gasteiger partial charge in [0, 0.05) is 36.0 Å². The van der Waals surface area contributed by atoms with Crippen LogP contribution in [0.2, 0.25) is 0 Å². The van der Waals surface area contributed by atoms with Gasteiger partial charge < -0.3 is 4.90 Å². The first kappa shape index (κ1) is 12.2. The summed E-state index contributed by atoms with van der Waals surface area (Å²) in [5.41, 5.74) is 1.11. The minimum atomic E-state index is 0.335. The Balaban J connectivity index is 1.66. The lowest BCUT2D eigenvalue weighted by molar-refractivity contribution is -0.139. The van der Waals surface area contributed by atoms with Crippen molar-refractivity contribution in [3.05, 3.63) is 16.1 Å². The Labute approximate surface area is 112 Å². The van der Waals surface area contributed by atoms with Crippen molar-refractivity contribution in [3.63, 3.8) is 0 Å². The van der Waals surface area contributed by atoms with Gasteiger partial charge >= 0.3 is 0 Å². The third-order valence-electron chi connectivity index (χ3n) is 4.17. The number of hydrogen-bond donors (Lipinski definition) is 0. The highest BCUT2D eigenvalue weighted by molar-refractivity contribution is 7.09. The molecule has 1 aliphatic carbocycles. The fourth-order valence-corrected chi connectivity index (χ4v) is 3.78. The van der Waals surface area contributed by atoms with E-state index in [1.54, 1.807) is 11.3 Å². The van der Waals surface area contributed by atoms with Crippen molar-refractivity contribution in [3.8, 4) is 0 Å². The molecule has 1 amide bonds. The molecular formula is C14H20N2OS. The monoisotopic (exact) mass is 264 g/mol. The van der Waals surface area contributed by atoms with Crippen LogP contribution in [0.15, 0.2) is 5.38 Å². The highest BCUT2D eigenvalue weighted by Crippen LogP contribution is 2.33. The summed E-state index contributed by atoms with van der Waals surface area (Å²) in [4.78, 5) is 19.0. The van der Waals surface area contributed by atoms with Gasteiger partial charge in [-0.2, -0.15) is 0 Å². The molecule has 1 aromatic heterocycles. The molecule has 1 aromatic rings. The van der Waals surface area contributed by atoms with E-state index < -0.39 is 0 Å². The molecule has 1 unspecified atom stereocenters. The van der Waals surface area contributed by atoms with Gasteiger partial charge in [0.25, 0.3) is 0 Å². The van der Waals surface area contributed by atoms with Gasteiger partial charge in [0.05, 0.1) is 5.01 Å². The van der Waals surface area contributed by atoms with Crippen LogP contribution in [0.5, 0.6) is 0 Å². The predicted octanol–water partition coefficient (Wildman–Crippen LogP) is 2.96. The van der Waals surface area contributed by atoms with Crippen LogP contribution in [0.1, 0.15) is 48.7 Å². The smallest absolute Gasteiger partial charge is 0.225 e. The summed E-state index contributed by atoms with van der Waals surface area (Å²) in [6, 6.07) is 0. The summed E-state index contributed by atoms with van der Waals surface area (Å²) in [6.07, 6.45) is 5.76. The van der Waals surface area contributed by atoms with Crippen LogP contribution in [-0.2, 0) is 4.79 Å². The minimum Gasteiger partial charge on any atom is -0.342 e. The van der Waals surface area contributed by atoms with Crippen LogP contribution in [0.25, 0.3) is 0 Å². The molecule has 2 fully saturated rings. The average molecular weight is 264 g/mol. The van der Waals surface area contributed by atoms with Crippen molar-refractivity contribution in [1.29, 1.82) is 0 Å². The number of hydrogen-bond acceptors (Lipinski definition) is 3. The van der Waals surface area contributed by atoms with Gasteiger partial charge in [-0.05, 0) is 32.6 Å². The SMILES string of the molecule is Cc1csc(C2CCCN(C(=O)C3CCC3)C2)n1. The normalized spacial score (nSPS) is 24.9. The van der Waals surface area contributed by atoms with E-state index in [0.717, 1.165) is 38.0 Å². The Hall–Kier alpha value is -0.900. The number of aryl methyl sites for hydroxylation is 1. The maximum absolute atomic E-state index is 12.3. The standard InChI is InChI=1S/C14H20N2OS/c1-10-9-18-13(15-10)12-6-3-7-16(8-12)14(17)11-4-2-5-11/h9,11-12H,2-8H2,1H3. The van der Waals surface area contributed by atoms with Gasteiger partial charge in [-0.3, -0.25) is 4.79 Å². The molecule has 4 heteroatoms. The second-order valence-electron chi connectivity index (χ2n) is 5.58. The molecule has 2 heterocycles. The maximum Gasteiger partial charge on any atom is 0.225 e. The average Bonchev–Trinajstić information content (AvgIpc) is 2.74. The van der Waals surface area contributed by atoms with E-state index in [1.807, 2.05) is 6.92 Å². The Morgan fingerprint density at radius 2 is 2.22 bits per heavy atom. The van der Waals surface area contributed by atoms with Crippen molar-refractivity contribution in [2.45, 2.75) is 44.9 Å². The maximum atomic E-state index is 12.3. The Morgan fingerprint density at radius 3 is 2.83 bits per heavy atom. The second kappa shape index (κ2) is 5.00. The largest absolute Gasteiger partial charge is 0.342 e. The van der Waals surface area contributed by atoms with Gasteiger partial charge in [-0.1, -0.05) is 6.42 Å². The zero-order chi connectivity index (χ0) is 12.5. The summed E-state index contributed by atoms with van der Waals surface area (Å²) < 4.78 is 0. The number of likely N-dealkylation sites (tertiary alicyclic amines) is 1. The number of nitrogens with zero attached hydrogens (tertiary/aromatic N) is 2. The highest BCUT2D eigenvalue weighted by Gasteiger charge is 2.33. The molecule has 98 valence electrons. The minimum absolute atomic E-state index is 0.335. The molecule has 0 N–H and O–H groups in total. The summed E-state index contributed by atoms with van der Waals surface area (Å²) in [5, 5.41) is 3.33. The molecule has 3 nitrogen and oxygen atoms in total. The van der Waals surface area contributed by atoms with Crippen molar-refractivity contribution in [2.75, 3.05) is 13.1 Å². The van der Waals surface area contributed by atoms with Gasteiger partial charge in [0.2, 0.25) is 5.91 Å². The van der Waals surface area contributed by atoms with Crippen molar-refractivity contribution in [2.24, 2.45) is 5.92 Å². The summed E-state index contributed by atoms with van der Waals surface area (Å²) in [5.74, 6) is 1.21. The molecule has 18 heavy (non-hydrogen) atoms. The summed E-state index contributed by atoms with van der Waals surface area (Å²) in [7, 11) is 0. The number of rotatable bonds is 2. The molecule has 0 aromatic carbocycles. The fraction of sp³-hybridized carbons (Fsp3) is 0.714. The molecule has 1 aliphatic heterocycles. The van der Waals surface area contributed by atoms with Crippen molar-refractivity contribution >= 4 is 17.2 Å². The fourth-order valence-electron chi connectivity index (χ4n) is 2.85. The van der Waals surface area contributed by atoms with E-state index in [0.29, 0.717) is 17.7 Å². The third kappa shape index (κ3) is 2.30. The number of carbonyl (C=O) groups excluding carboxylic acids is 1. The summed E-state index contributed by atoms with van der Waals surface area (Å²) in [6.45, 7) is 3.89. The second-order valence-corrected chi connectivity index (χ2v) is 6.47. The Morgan fingerprint density at radius 1 is 1.39 bits per heavy atom. The molecule has 0 spiro atoms. The molecular weight excluding hydrogens is 244 g/mol. The van der Waals surface area contributed by atoms with E-state index in [2.05, 4.69) is 15.3 Å². The van der Waals surface area contributed by atoms with Crippen molar-refractivity contribution in [1.82, 2.24) is 9.88 Å². The van der Waals surface area contributed by atoms with Crippen LogP contribution >= 0.6 is 11.3 Å². The molecule has 0 radical (unpaired) electrons. The van der Waals surface area contributed by atoms with Crippen LogP contribution < -0.4 is 0 Å². The van der Waals surface area contributed by atoms with Gasteiger partial charge in [0.1, 0.15) is 0 Å². The lowest BCUT2D eigenvalue weighted by atomic mass is 9.83. The Kier molecular flexibility index (Phi) is 3.37. The number of carbonyl (C=O) groups is 1. The molecule has 1 saturated carbocycles. The highest BCUT2D eigenvalue weighted by atomic mass is 32.1. The van der Waals surface area contributed by atoms with Crippen LogP contribution in [0.4, 0.5) is 0 Å². The van der Waals surface area contributed by atoms with E-state index >= 15 is 0 Å². The molecule has 2 aliphatic rings. The third-order valence-corrected chi connectivity index (χ3v) is 5.30. The number of amides is 1. The first-order valence-corrected chi connectivity index (χ1v) is 7.83. The summed E-state index contributed by atoms with van der Waals surface area (Å²) >= 11 is 1.75. The van der Waals surface area contributed by atoms with E-state index in [4.69, 9.17) is 0 Å². The van der Waals surface area contributed by atoms with Crippen LogP contribution in [0.3, 0.4) is 0 Å². The van der Waals surface area contributed by atoms with Gasteiger partial charge in [0.15, 0.2) is 0 Å². The molecule has 0 bridgehead atoms. The lowest BCUT2D eigenvalue weighted by Crippen LogP contribution is -2.44. The van der Waals surface area contributed by atoms with Crippen molar-refractivity contribution < 1.29 is 4.79 Å².